The van der Waals surface area contributed by atoms with Gasteiger partial charge in [-0.3, -0.25) is 14.6 Å². The number of ether oxygens (including phenoxy) is 2. The van der Waals surface area contributed by atoms with Gasteiger partial charge in [-0.05, 0) is 46.0 Å². The minimum Gasteiger partial charge on any atom is -0.481 e. The van der Waals surface area contributed by atoms with Gasteiger partial charge in [0, 0.05) is 64.4 Å². The Labute approximate surface area is 247 Å². The van der Waals surface area contributed by atoms with Crippen molar-refractivity contribution in [2.45, 2.75) is 19.0 Å². The molecule has 2 aromatic heterocycles. The number of carbonyl (C=O) groups excluding carboxylic acids is 2. The van der Waals surface area contributed by atoms with Crippen molar-refractivity contribution in [1.29, 1.82) is 0 Å². The molecule has 0 fully saturated rings. The maximum Gasteiger partial charge on any atom is 0.247 e. The Kier molecular flexibility index (Phi) is 10.9. The molecule has 0 spiro atoms. The highest BCUT2D eigenvalue weighted by Gasteiger charge is 2.31. The van der Waals surface area contributed by atoms with Crippen LogP contribution in [-0.4, -0.2) is 72.0 Å². The molecule has 0 saturated carbocycles. The third kappa shape index (κ3) is 8.34. The smallest absolute Gasteiger partial charge is 0.247 e. The van der Waals surface area contributed by atoms with Crippen molar-refractivity contribution in [2.24, 2.45) is 0 Å². The molecule has 2 amide bonds. The summed E-state index contributed by atoms with van der Waals surface area (Å²) in [5.41, 5.74) is 4.63. The highest BCUT2D eigenvalue weighted by atomic mass is 16.5. The van der Waals surface area contributed by atoms with Crippen molar-refractivity contribution >= 4 is 17.9 Å². The van der Waals surface area contributed by atoms with Crippen molar-refractivity contribution in [2.75, 3.05) is 34.4 Å². The van der Waals surface area contributed by atoms with Crippen LogP contribution in [0.15, 0.2) is 104 Å². The molecule has 1 unspecified atom stereocenters. The van der Waals surface area contributed by atoms with Crippen molar-refractivity contribution in [1.82, 2.24) is 19.8 Å². The lowest BCUT2D eigenvalue weighted by atomic mass is 10.0. The van der Waals surface area contributed by atoms with Crippen LogP contribution < -0.4 is 4.74 Å². The number of amides is 2. The summed E-state index contributed by atoms with van der Waals surface area (Å²) in [5.74, 6) is 0.0507. The Morgan fingerprint density at radius 3 is 2.31 bits per heavy atom. The minimum absolute atomic E-state index is 0.157. The van der Waals surface area contributed by atoms with Gasteiger partial charge >= 0.3 is 0 Å². The lowest BCUT2D eigenvalue weighted by Crippen LogP contribution is -2.51. The Morgan fingerprint density at radius 2 is 1.67 bits per heavy atom. The first kappa shape index (κ1) is 30.1. The van der Waals surface area contributed by atoms with Crippen LogP contribution in [0.1, 0.15) is 16.7 Å². The predicted molar refractivity (Wildman–Crippen MR) is 163 cm³/mol. The maximum atomic E-state index is 13.9. The van der Waals surface area contributed by atoms with Gasteiger partial charge in [0.05, 0.1) is 13.7 Å². The molecular formula is C34H36N4O4. The van der Waals surface area contributed by atoms with Gasteiger partial charge in [0.25, 0.3) is 0 Å². The predicted octanol–water partition coefficient (Wildman–Crippen LogP) is 4.91. The second-order valence-corrected chi connectivity index (χ2v) is 9.83. The molecule has 4 aromatic rings. The van der Waals surface area contributed by atoms with E-state index in [1.54, 1.807) is 55.6 Å². The first-order valence-electron chi connectivity index (χ1n) is 13.7. The summed E-state index contributed by atoms with van der Waals surface area (Å²) in [6.45, 7) is 1.06. The third-order valence-electron chi connectivity index (χ3n) is 6.91. The van der Waals surface area contributed by atoms with Crippen LogP contribution in [0.5, 0.6) is 5.88 Å². The average molecular weight is 565 g/mol. The molecule has 0 bridgehead atoms. The van der Waals surface area contributed by atoms with Crippen LogP contribution in [0.3, 0.4) is 0 Å². The molecule has 4 rings (SSSR count). The van der Waals surface area contributed by atoms with Gasteiger partial charge in [0.15, 0.2) is 0 Å². The van der Waals surface area contributed by atoms with E-state index in [0.717, 1.165) is 27.8 Å². The summed E-state index contributed by atoms with van der Waals surface area (Å²) in [6, 6.07) is 24.4. The van der Waals surface area contributed by atoms with E-state index >= 15 is 0 Å². The highest BCUT2D eigenvalue weighted by Crippen LogP contribution is 2.21. The second kappa shape index (κ2) is 15.3. The maximum absolute atomic E-state index is 13.9. The number of aromatic nitrogens is 2. The molecule has 216 valence electrons. The standard InChI is InChI=1S/C34H36N4O4/c1-37(20-21-41-2)34(40)31(22-26-8-5-4-6-9-26)38(33(39)18-14-27-13-17-32(42-3)36-23-27)25-28-11-15-29(16-12-28)30-10-7-19-35-24-30/h4-19,23-24,31H,20-22,25H2,1-3H3. The summed E-state index contributed by atoms with van der Waals surface area (Å²) in [5, 5.41) is 0. The fraction of sp³-hybridized carbons (Fsp3) is 0.235. The van der Waals surface area contributed by atoms with E-state index in [2.05, 4.69) is 9.97 Å². The quantitative estimate of drug-likeness (QED) is 0.215. The van der Waals surface area contributed by atoms with E-state index in [9.17, 15) is 9.59 Å². The SMILES string of the molecule is COCCN(C)C(=O)C(Cc1ccccc1)N(Cc1ccc(-c2cccnc2)cc1)C(=O)C=Cc1ccc(OC)nc1. The van der Waals surface area contributed by atoms with Crippen molar-refractivity contribution < 1.29 is 19.1 Å². The lowest BCUT2D eigenvalue weighted by molar-refractivity contribution is -0.143. The van der Waals surface area contributed by atoms with Gasteiger partial charge in [-0.15, -0.1) is 0 Å². The van der Waals surface area contributed by atoms with Crippen LogP contribution in [0, 0.1) is 0 Å². The van der Waals surface area contributed by atoms with E-state index in [1.165, 1.54) is 6.08 Å². The zero-order chi connectivity index (χ0) is 29.7. The molecule has 8 heteroatoms. The Morgan fingerprint density at radius 1 is 0.881 bits per heavy atom. The Bertz CT molecular complexity index is 1440. The van der Waals surface area contributed by atoms with Crippen molar-refractivity contribution in [3.05, 3.63) is 120 Å². The molecule has 0 aliphatic carbocycles. The van der Waals surface area contributed by atoms with Crippen LogP contribution in [0.4, 0.5) is 0 Å². The fourth-order valence-corrected chi connectivity index (χ4v) is 4.51. The van der Waals surface area contributed by atoms with Crippen LogP contribution in [0.25, 0.3) is 17.2 Å². The first-order valence-corrected chi connectivity index (χ1v) is 13.7. The van der Waals surface area contributed by atoms with Gasteiger partial charge in [0.2, 0.25) is 17.7 Å². The molecular weight excluding hydrogens is 528 g/mol. The number of rotatable bonds is 13. The number of benzene rings is 2. The zero-order valence-electron chi connectivity index (χ0n) is 24.2. The summed E-state index contributed by atoms with van der Waals surface area (Å²) in [7, 11) is 4.89. The first-order chi connectivity index (χ1) is 20.5. The van der Waals surface area contributed by atoms with Gasteiger partial charge in [-0.1, -0.05) is 60.7 Å². The summed E-state index contributed by atoms with van der Waals surface area (Å²) in [6.07, 6.45) is 8.75. The van der Waals surface area contributed by atoms with Crippen LogP contribution in [-0.2, 0) is 27.3 Å². The zero-order valence-corrected chi connectivity index (χ0v) is 24.2. The minimum atomic E-state index is -0.738. The largest absolute Gasteiger partial charge is 0.481 e. The van der Waals surface area contributed by atoms with E-state index in [1.807, 2.05) is 79.0 Å². The van der Waals surface area contributed by atoms with E-state index < -0.39 is 6.04 Å². The number of methoxy groups -OCH3 is 2. The number of hydrogen-bond acceptors (Lipinski definition) is 6. The van der Waals surface area contributed by atoms with Gasteiger partial charge < -0.3 is 19.3 Å². The fourth-order valence-electron chi connectivity index (χ4n) is 4.51. The molecule has 0 aliphatic heterocycles. The van der Waals surface area contributed by atoms with Crippen LogP contribution in [0.2, 0.25) is 0 Å². The van der Waals surface area contributed by atoms with Crippen LogP contribution >= 0.6 is 0 Å². The van der Waals surface area contributed by atoms with Crippen molar-refractivity contribution in [3.63, 3.8) is 0 Å². The average Bonchev–Trinajstić information content (AvgIpc) is 3.05. The summed E-state index contributed by atoms with van der Waals surface area (Å²) in [4.78, 5) is 39.5. The molecule has 8 nitrogen and oxygen atoms in total. The second-order valence-electron chi connectivity index (χ2n) is 9.83. The lowest BCUT2D eigenvalue weighted by Gasteiger charge is -2.33. The van der Waals surface area contributed by atoms with Gasteiger partial charge in [-0.2, -0.15) is 0 Å². The molecule has 2 aromatic carbocycles. The number of pyridine rings is 2. The molecule has 42 heavy (non-hydrogen) atoms. The Balaban J connectivity index is 1.67. The van der Waals surface area contributed by atoms with E-state index in [4.69, 9.17) is 9.47 Å². The van der Waals surface area contributed by atoms with Gasteiger partial charge in [0.1, 0.15) is 6.04 Å². The molecule has 0 radical (unpaired) electrons. The Hall–Kier alpha value is -4.82. The number of hydrogen-bond donors (Lipinski definition) is 0. The van der Waals surface area contributed by atoms with E-state index in [-0.39, 0.29) is 18.4 Å². The topological polar surface area (TPSA) is 84.9 Å². The summed E-state index contributed by atoms with van der Waals surface area (Å²) >= 11 is 0. The highest BCUT2D eigenvalue weighted by molar-refractivity contribution is 5.95. The summed E-state index contributed by atoms with van der Waals surface area (Å²) < 4.78 is 10.3. The normalized spacial score (nSPS) is 11.7. The number of likely N-dealkylation sites (N-methyl/N-ethyl adjacent to an activating group) is 1. The number of carbonyl (C=O) groups is 2. The monoisotopic (exact) mass is 564 g/mol. The van der Waals surface area contributed by atoms with Gasteiger partial charge in [-0.25, -0.2) is 4.98 Å². The van der Waals surface area contributed by atoms with E-state index in [0.29, 0.717) is 25.5 Å². The number of nitrogens with zero attached hydrogens (tertiary/aromatic N) is 4. The molecule has 1 atom stereocenters. The molecule has 0 aliphatic rings. The molecule has 0 N–H and O–H groups in total. The third-order valence-corrected chi connectivity index (χ3v) is 6.91. The molecule has 2 heterocycles. The molecule has 0 saturated heterocycles. The van der Waals surface area contributed by atoms with Crippen molar-refractivity contribution in [3.8, 4) is 17.0 Å².